The SMILES string of the molecule is C=C(c1ccnc(-c2cc(C(=O)N3CCNCC3)ccn2)c1)N1CCNCC1. The molecule has 1 amide bonds. The van der Waals surface area contributed by atoms with Crippen molar-refractivity contribution >= 4 is 11.6 Å². The summed E-state index contributed by atoms with van der Waals surface area (Å²) in [7, 11) is 0. The van der Waals surface area contributed by atoms with E-state index in [2.05, 4.69) is 32.1 Å². The van der Waals surface area contributed by atoms with Crippen molar-refractivity contribution in [1.29, 1.82) is 0 Å². The second kappa shape index (κ2) is 8.50. The summed E-state index contributed by atoms with van der Waals surface area (Å²) in [6.07, 6.45) is 3.47. The number of pyridine rings is 2. The van der Waals surface area contributed by atoms with E-state index >= 15 is 0 Å². The molecular formula is C21H26N6O. The van der Waals surface area contributed by atoms with E-state index in [1.54, 1.807) is 18.5 Å². The number of piperazine rings is 2. The van der Waals surface area contributed by atoms with Crippen molar-refractivity contribution in [2.75, 3.05) is 52.4 Å². The Bertz CT molecular complexity index is 784. The van der Waals surface area contributed by atoms with Crippen LogP contribution in [0.5, 0.6) is 0 Å². The maximum atomic E-state index is 12.8. The van der Waals surface area contributed by atoms with Crippen LogP contribution in [-0.4, -0.2) is 78.0 Å². The molecule has 0 aromatic carbocycles. The van der Waals surface area contributed by atoms with Crippen molar-refractivity contribution in [3.63, 3.8) is 0 Å². The summed E-state index contributed by atoms with van der Waals surface area (Å²) in [5.74, 6) is 0.0477. The van der Waals surface area contributed by atoms with E-state index in [4.69, 9.17) is 0 Å². The summed E-state index contributed by atoms with van der Waals surface area (Å²) in [6.45, 7) is 11.2. The lowest BCUT2D eigenvalue weighted by Crippen LogP contribution is -2.46. The van der Waals surface area contributed by atoms with Gasteiger partial charge in [0.15, 0.2) is 0 Å². The van der Waals surface area contributed by atoms with Gasteiger partial charge in [0, 0.05) is 81.6 Å². The Morgan fingerprint density at radius 1 is 0.821 bits per heavy atom. The zero-order chi connectivity index (χ0) is 19.3. The van der Waals surface area contributed by atoms with Crippen molar-refractivity contribution in [2.45, 2.75) is 0 Å². The number of nitrogens with one attached hydrogen (secondary N) is 2. The van der Waals surface area contributed by atoms with Crippen molar-refractivity contribution in [3.8, 4) is 11.4 Å². The van der Waals surface area contributed by atoms with Crippen LogP contribution in [0.15, 0.2) is 43.2 Å². The maximum Gasteiger partial charge on any atom is 0.254 e. The van der Waals surface area contributed by atoms with Crippen LogP contribution in [0.3, 0.4) is 0 Å². The first kappa shape index (κ1) is 18.6. The number of nitrogens with zero attached hydrogens (tertiary/aromatic N) is 4. The third kappa shape index (κ3) is 4.05. The van der Waals surface area contributed by atoms with Crippen LogP contribution < -0.4 is 10.6 Å². The Morgan fingerprint density at radius 3 is 1.93 bits per heavy atom. The van der Waals surface area contributed by atoms with Crippen molar-refractivity contribution in [1.82, 2.24) is 30.4 Å². The molecule has 2 fully saturated rings. The molecule has 0 radical (unpaired) electrons. The van der Waals surface area contributed by atoms with Gasteiger partial charge in [-0.15, -0.1) is 0 Å². The fraction of sp³-hybridized carbons (Fsp3) is 0.381. The number of aromatic nitrogens is 2. The predicted octanol–water partition coefficient (Wildman–Crippen LogP) is 1.06. The molecule has 2 aliphatic rings. The third-order valence-electron chi connectivity index (χ3n) is 5.27. The number of rotatable bonds is 4. The average molecular weight is 378 g/mol. The minimum absolute atomic E-state index is 0.0477. The van der Waals surface area contributed by atoms with Gasteiger partial charge in [0.1, 0.15) is 0 Å². The molecule has 0 saturated carbocycles. The minimum atomic E-state index is 0.0477. The second-order valence-corrected chi connectivity index (χ2v) is 7.09. The Hall–Kier alpha value is -2.77. The largest absolute Gasteiger partial charge is 0.369 e. The normalized spacial score (nSPS) is 17.4. The molecule has 0 bridgehead atoms. The maximum absolute atomic E-state index is 12.8. The third-order valence-corrected chi connectivity index (χ3v) is 5.27. The molecule has 2 aliphatic heterocycles. The molecule has 0 unspecified atom stereocenters. The molecule has 146 valence electrons. The molecule has 0 aliphatic carbocycles. The van der Waals surface area contributed by atoms with Gasteiger partial charge in [0.25, 0.3) is 5.91 Å². The first-order valence-corrected chi connectivity index (χ1v) is 9.80. The van der Waals surface area contributed by atoms with E-state index in [0.29, 0.717) is 11.3 Å². The van der Waals surface area contributed by atoms with Crippen LogP contribution >= 0.6 is 0 Å². The predicted molar refractivity (Wildman–Crippen MR) is 110 cm³/mol. The fourth-order valence-corrected chi connectivity index (χ4v) is 3.62. The molecule has 7 nitrogen and oxygen atoms in total. The average Bonchev–Trinajstić information content (AvgIpc) is 2.79. The van der Waals surface area contributed by atoms with Gasteiger partial charge in [-0.25, -0.2) is 0 Å². The number of carbonyl (C=O) groups excluding carboxylic acids is 1. The van der Waals surface area contributed by atoms with Crippen LogP contribution in [0, 0.1) is 0 Å². The van der Waals surface area contributed by atoms with Gasteiger partial charge in [-0.3, -0.25) is 14.8 Å². The lowest BCUT2D eigenvalue weighted by molar-refractivity contribution is 0.0735. The molecule has 4 heterocycles. The number of hydrogen-bond donors (Lipinski definition) is 2. The molecular weight excluding hydrogens is 352 g/mol. The highest BCUT2D eigenvalue weighted by atomic mass is 16.2. The van der Waals surface area contributed by atoms with Crippen molar-refractivity contribution in [3.05, 3.63) is 54.4 Å². The smallest absolute Gasteiger partial charge is 0.254 e. The summed E-state index contributed by atoms with van der Waals surface area (Å²) in [5, 5.41) is 6.63. The van der Waals surface area contributed by atoms with Gasteiger partial charge in [-0.2, -0.15) is 0 Å². The van der Waals surface area contributed by atoms with Crippen LogP contribution in [-0.2, 0) is 0 Å². The lowest BCUT2D eigenvalue weighted by Gasteiger charge is -2.31. The highest BCUT2D eigenvalue weighted by Crippen LogP contribution is 2.23. The summed E-state index contributed by atoms with van der Waals surface area (Å²) in [5.41, 5.74) is 4.14. The molecule has 2 aromatic rings. The zero-order valence-corrected chi connectivity index (χ0v) is 16.0. The number of amides is 1. The van der Waals surface area contributed by atoms with Crippen LogP contribution in [0.1, 0.15) is 15.9 Å². The first-order valence-electron chi connectivity index (χ1n) is 9.80. The quantitative estimate of drug-likeness (QED) is 0.829. The summed E-state index contributed by atoms with van der Waals surface area (Å²) >= 11 is 0. The van der Waals surface area contributed by atoms with Crippen LogP contribution in [0.2, 0.25) is 0 Å². The monoisotopic (exact) mass is 378 g/mol. The Morgan fingerprint density at radius 2 is 1.32 bits per heavy atom. The molecule has 0 atom stereocenters. The van der Waals surface area contributed by atoms with E-state index in [0.717, 1.165) is 69.3 Å². The summed E-state index contributed by atoms with van der Waals surface area (Å²) in [6, 6.07) is 7.59. The summed E-state index contributed by atoms with van der Waals surface area (Å²) in [4.78, 5) is 25.9. The van der Waals surface area contributed by atoms with Gasteiger partial charge in [-0.05, 0) is 24.3 Å². The molecule has 2 aromatic heterocycles. The Labute approximate surface area is 165 Å². The van der Waals surface area contributed by atoms with Gasteiger partial charge in [0.2, 0.25) is 0 Å². The van der Waals surface area contributed by atoms with E-state index in [1.165, 1.54) is 0 Å². The molecule has 4 rings (SSSR count). The first-order chi connectivity index (χ1) is 13.7. The van der Waals surface area contributed by atoms with Crippen LogP contribution in [0.4, 0.5) is 0 Å². The minimum Gasteiger partial charge on any atom is -0.369 e. The fourth-order valence-electron chi connectivity index (χ4n) is 3.62. The zero-order valence-electron chi connectivity index (χ0n) is 16.0. The highest BCUT2D eigenvalue weighted by molar-refractivity contribution is 5.95. The van der Waals surface area contributed by atoms with Crippen molar-refractivity contribution in [2.24, 2.45) is 0 Å². The van der Waals surface area contributed by atoms with Gasteiger partial charge in [0.05, 0.1) is 11.4 Å². The topological polar surface area (TPSA) is 73.4 Å². The lowest BCUT2D eigenvalue weighted by atomic mass is 10.1. The Kier molecular flexibility index (Phi) is 5.64. The summed E-state index contributed by atoms with van der Waals surface area (Å²) < 4.78 is 0. The molecule has 0 spiro atoms. The highest BCUT2D eigenvalue weighted by Gasteiger charge is 2.19. The molecule has 2 N–H and O–H groups in total. The van der Waals surface area contributed by atoms with E-state index in [9.17, 15) is 4.79 Å². The standard InChI is InChI=1S/C21H26N6O/c1-16(26-10-6-22-7-11-26)17-2-4-24-19(14-17)20-15-18(3-5-25-20)21(28)27-12-8-23-9-13-27/h2-5,14-15,22-23H,1,6-13H2. The Balaban J connectivity index is 1.55. The van der Waals surface area contributed by atoms with Gasteiger partial charge in [-0.1, -0.05) is 6.58 Å². The van der Waals surface area contributed by atoms with Crippen LogP contribution in [0.25, 0.3) is 17.1 Å². The van der Waals surface area contributed by atoms with Gasteiger partial charge < -0.3 is 20.4 Å². The van der Waals surface area contributed by atoms with E-state index in [1.807, 2.05) is 23.1 Å². The second-order valence-electron chi connectivity index (χ2n) is 7.09. The number of hydrogen-bond acceptors (Lipinski definition) is 6. The molecule has 28 heavy (non-hydrogen) atoms. The number of carbonyl (C=O) groups is 1. The van der Waals surface area contributed by atoms with Gasteiger partial charge >= 0.3 is 0 Å². The molecule has 2 saturated heterocycles. The van der Waals surface area contributed by atoms with E-state index in [-0.39, 0.29) is 5.91 Å². The molecule has 7 heteroatoms. The van der Waals surface area contributed by atoms with E-state index < -0.39 is 0 Å². The van der Waals surface area contributed by atoms with Crippen molar-refractivity contribution < 1.29 is 4.79 Å².